The van der Waals surface area contributed by atoms with E-state index in [0.717, 1.165) is 6.92 Å². The number of carbonyl (C=O) groups is 2. The van der Waals surface area contributed by atoms with E-state index < -0.39 is 91.2 Å². The van der Waals surface area contributed by atoms with Crippen LogP contribution in [0.1, 0.15) is 13.8 Å². The highest BCUT2D eigenvalue weighted by molar-refractivity contribution is 5.73. The Labute approximate surface area is 216 Å². The Balaban J connectivity index is 1.93. The van der Waals surface area contributed by atoms with Crippen molar-refractivity contribution >= 4 is 17.5 Å². The predicted octanol–water partition coefficient (Wildman–Crippen LogP) is -3.11. The van der Waals surface area contributed by atoms with Gasteiger partial charge < -0.3 is 55.1 Å². The number of aliphatic hydroxyl groups excluding tert-OH is 5. The summed E-state index contributed by atoms with van der Waals surface area (Å²) < 4.78 is 22.9. The summed E-state index contributed by atoms with van der Waals surface area (Å²) in [5, 5.41) is 67.0. The van der Waals surface area contributed by atoms with Crippen molar-refractivity contribution in [2.45, 2.75) is 75.1 Å². The van der Waals surface area contributed by atoms with Crippen molar-refractivity contribution in [3.8, 4) is 5.75 Å². The number of nitrogens with zero attached hydrogens (tertiary/aromatic N) is 1. The number of hydrogen-bond donors (Lipinski definition) is 7. The number of non-ortho nitro benzene ring substituents is 1. The van der Waals surface area contributed by atoms with Gasteiger partial charge in [-0.1, -0.05) is 0 Å². The molecule has 0 bridgehead atoms. The molecule has 2 fully saturated rings. The Morgan fingerprint density at radius 2 is 1.42 bits per heavy atom. The van der Waals surface area contributed by atoms with Crippen molar-refractivity contribution in [2.24, 2.45) is 0 Å². The van der Waals surface area contributed by atoms with Gasteiger partial charge in [0.2, 0.25) is 18.1 Å². The molecule has 2 aliphatic rings. The molecule has 212 valence electrons. The van der Waals surface area contributed by atoms with Gasteiger partial charge in [0.25, 0.3) is 5.69 Å². The van der Waals surface area contributed by atoms with Gasteiger partial charge in [0.05, 0.1) is 18.1 Å². The topological polar surface area (TPSA) is 239 Å². The van der Waals surface area contributed by atoms with Crippen LogP contribution in [0.2, 0.25) is 0 Å². The fourth-order valence-corrected chi connectivity index (χ4v) is 4.24. The van der Waals surface area contributed by atoms with Crippen LogP contribution in [-0.4, -0.2) is 117 Å². The third kappa shape index (κ3) is 6.72. The van der Waals surface area contributed by atoms with Crippen LogP contribution in [0.25, 0.3) is 0 Å². The highest BCUT2D eigenvalue weighted by Crippen LogP contribution is 2.31. The Hall–Kier alpha value is -2.96. The number of nitro benzene ring substituents is 1. The van der Waals surface area contributed by atoms with Gasteiger partial charge in [0, 0.05) is 26.0 Å². The fraction of sp³-hybridized carbons (Fsp3) is 0.636. The van der Waals surface area contributed by atoms with E-state index in [2.05, 4.69) is 10.6 Å². The van der Waals surface area contributed by atoms with Crippen molar-refractivity contribution in [1.82, 2.24) is 10.6 Å². The summed E-state index contributed by atoms with van der Waals surface area (Å²) in [6.07, 6.45) is -11.9. The molecule has 1 aromatic carbocycles. The first kappa shape index (κ1) is 29.6. The molecule has 0 aliphatic carbocycles. The van der Waals surface area contributed by atoms with E-state index in [1.165, 1.54) is 31.2 Å². The molecule has 0 saturated carbocycles. The molecule has 0 unspecified atom stereocenters. The first-order valence-electron chi connectivity index (χ1n) is 11.6. The lowest BCUT2D eigenvalue weighted by Gasteiger charge is -2.48. The van der Waals surface area contributed by atoms with Crippen molar-refractivity contribution in [2.75, 3.05) is 13.2 Å². The van der Waals surface area contributed by atoms with Crippen LogP contribution < -0.4 is 15.4 Å². The maximum atomic E-state index is 12.1. The summed E-state index contributed by atoms with van der Waals surface area (Å²) in [5.41, 5.74) is -0.206. The van der Waals surface area contributed by atoms with E-state index in [-0.39, 0.29) is 11.4 Å². The predicted molar refractivity (Wildman–Crippen MR) is 123 cm³/mol. The molecular formula is C22H31N3O13. The maximum absolute atomic E-state index is 12.1. The molecule has 2 aliphatic heterocycles. The average Bonchev–Trinajstić information content (AvgIpc) is 2.86. The van der Waals surface area contributed by atoms with E-state index in [0.29, 0.717) is 0 Å². The molecule has 0 aromatic heterocycles. The van der Waals surface area contributed by atoms with Crippen molar-refractivity contribution < 1.29 is 59.0 Å². The lowest BCUT2D eigenvalue weighted by atomic mass is 9.94. The zero-order chi connectivity index (χ0) is 28.1. The Bertz CT molecular complexity index is 980. The molecule has 10 atom stereocenters. The normalized spacial score (nSPS) is 35.2. The number of rotatable bonds is 9. The van der Waals surface area contributed by atoms with Crippen molar-refractivity contribution in [1.29, 1.82) is 0 Å². The van der Waals surface area contributed by atoms with Gasteiger partial charge >= 0.3 is 0 Å². The number of hydrogen-bond acceptors (Lipinski definition) is 13. The summed E-state index contributed by atoms with van der Waals surface area (Å²) in [6, 6.07) is 2.27. The molecule has 7 N–H and O–H groups in total. The van der Waals surface area contributed by atoms with Crippen LogP contribution in [-0.2, 0) is 23.8 Å². The second-order valence-electron chi connectivity index (χ2n) is 8.84. The minimum Gasteiger partial charge on any atom is -0.463 e. The molecule has 3 rings (SSSR count). The molecule has 2 heterocycles. The smallest absolute Gasteiger partial charge is 0.269 e. The maximum Gasteiger partial charge on any atom is 0.269 e. The lowest BCUT2D eigenvalue weighted by Crippen LogP contribution is -2.70. The molecule has 1 aromatic rings. The Morgan fingerprint density at radius 3 is 1.95 bits per heavy atom. The molecule has 16 heteroatoms. The summed E-state index contributed by atoms with van der Waals surface area (Å²) >= 11 is 0. The Morgan fingerprint density at radius 1 is 0.895 bits per heavy atom. The van der Waals surface area contributed by atoms with Gasteiger partial charge in [-0.05, 0) is 12.1 Å². The van der Waals surface area contributed by atoms with E-state index in [1.54, 1.807) is 0 Å². The van der Waals surface area contributed by atoms with E-state index in [4.69, 9.17) is 18.9 Å². The minimum atomic E-state index is -1.65. The fourth-order valence-electron chi connectivity index (χ4n) is 4.24. The van der Waals surface area contributed by atoms with Gasteiger partial charge in [-0.2, -0.15) is 0 Å². The summed E-state index contributed by atoms with van der Waals surface area (Å²) in [4.78, 5) is 34.1. The van der Waals surface area contributed by atoms with E-state index in [1.807, 2.05) is 0 Å². The monoisotopic (exact) mass is 545 g/mol. The van der Waals surface area contributed by atoms with Gasteiger partial charge in [-0.25, -0.2) is 0 Å². The van der Waals surface area contributed by atoms with Crippen LogP contribution in [0.4, 0.5) is 5.69 Å². The first-order chi connectivity index (χ1) is 18.0. The van der Waals surface area contributed by atoms with E-state index in [9.17, 15) is 45.2 Å². The average molecular weight is 545 g/mol. The Kier molecular flexibility index (Phi) is 9.91. The largest absolute Gasteiger partial charge is 0.463 e. The lowest BCUT2D eigenvalue weighted by molar-refractivity contribution is -0.384. The molecule has 0 radical (unpaired) electrons. The zero-order valence-electron chi connectivity index (χ0n) is 20.4. The van der Waals surface area contributed by atoms with Gasteiger partial charge in [0.15, 0.2) is 6.29 Å². The minimum absolute atomic E-state index is 0.0895. The first-order valence-corrected chi connectivity index (χ1v) is 11.6. The number of benzene rings is 1. The molecule has 2 amide bonds. The number of ether oxygens (including phenoxy) is 4. The van der Waals surface area contributed by atoms with Crippen molar-refractivity contribution in [3.63, 3.8) is 0 Å². The van der Waals surface area contributed by atoms with Crippen LogP contribution in [0, 0.1) is 10.1 Å². The van der Waals surface area contributed by atoms with Gasteiger partial charge in [-0.3, -0.25) is 19.7 Å². The van der Waals surface area contributed by atoms with Crippen LogP contribution in [0.3, 0.4) is 0 Å². The molecular weight excluding hydrogens is 514 g/mol. The quantitative estimate of drug-likeness (QED) is 0.120. The number of nitrogens with one attached hydrogen (secondary N) is 2. The van der Waals surface area contributed by atoms with Crippen LogP contribution in [0.15, 0.2) is 24.3 Å². The highest BCUT2D eigenvalue weighted by Gasteiger charge is 2.52. The second-order valence-corrected chi connectivity index (χ2v) is 8.84. The van der Waals surface area contributed by atoms with Gasteiger partial charge in [-0.15, -0.1) is 0 Å². The number of aliphatic hydroxyl groups is 5. The number of carbonyl (C=O) groups excluding carboxylic acids is 2. The third-order valence-corrected chi connectivity index (χ3v) is 6.07. The summed E-state index contributed by atoms with van der Waals surface area (Å²) in [6.45, 7) is 0.883. The standard InChI is InChI=1S/C22H31N3O13/c1-9(28)23-15-19(32)17(30)13(7-26)36-21(15)38-20-16(24-10(2)29)22(37-14(8-27)18(20)31)35-12-5-3-11(4-6-12)25(33)34/h3-6,13-22,26-27,30-32H,7-8H2,1-2H3,(H,23,28)(H,24,29)/t13-,14-,15-,16-,17-,18+,19-,20-,21-,22+/m1/s1. The van der Waals surface area contributed by atoms with E-state index >= 15 is 0 Å². The number of amides is 2. The van der Waals surface area contributed by atoms with Crippen LogP contribution >= 0.6 is 0 Å². The van der Waals surface area contributed by atoms with Crippen LogP contribution in [0.5, 0.6) is 5.75 Å². The molecule has 16 nitrogen and oxygen atoms in total. The molecule has 0 spiro atoms. The number of nitro groups is 1. The highest BCUT2D eigenvalue weighted by atomic mass is 16.7. The summed E-state index contributed by atoms with van der Waals surface area (Å²) in [5.74, 6) is -1.11. The molecule has 2 saturated heterocycles. The molecule has 38 heavy (non-hydrogen) atoms. The van der Waals surface area contributed by atoms with Crippen molar-refractivity contribution in [3.05, 3.63) is 34.4 Å². The summed E-state index contributed by atoms with van der Waals surface area (Å²) in [7, 11) is 0. The second kappa shape index (κ2) is 12.7. The van der Waals surface area contributed by atoms with Gasteiger partial charge in [0.1, 0.15) is 54.5 Å². The SMILES string of the molecule is CC(=O)N[C@H]1[C@@H](O[C@H]2[C@@H](O)[C@@H](CO)O[C@H](Oc3ccc([N+](=O)[O-])cc3)[C@@H]2NC(C)=O)O[C@H](CO)[C@@H](O)[C@@H]1O. The third-order valence-electron chi connectivity index (χ3n) is 6.07. The zero-order valence-corrected chi connectivity index (χ0v) is 20.4.